The second kappa shape index (κ2) is 6.25. The number of benzene rings is 1. The highest BCUT2D eigenvalue weighted by atomic mass is 32.1. The summed E-state index contributed by atoms with van der Waals surface area (Å²) in [4.78, 5) is 4.22. The third-order valence-electron chi connectivity index (χ3n) is 2.55. The van der Waals surface area contributed by atoms with E-state index in [0.29, 0.717) is 22.2 Å². The minimum atomic E-state index is -0.0206. The van der Waals surface area contributed by atoms with Crippen molar-refractivity contribution in [2.24, 2.45) is 5.10 Å². The summed E-state index contributed by atoms with van der Waals surface area (Å²) in [6.45, 7) is 1.91. The van der Waals surface area contributed by atoms with Crippen LogP contribution in [-0.2, 0) is 0 Å². The van der Waals surface area contributed by atoms with Gasteiger partial charge in [0, 0.05) is 5.38 Å². The summed E-state index contributed by atoms with van der Waals surface area (Å²) >= 11 is 1.45. The highest BCUT2D eigenvalue weighted by Gasteiger charge is 2.12. The number of nitrogens with one attached hydrogen (secondary N) is 1. The number of methoxy groups -OCH3 is 2. The number of rotatable bonds is 5. The molecule has 0 aliphatic rings. The Morgan fingerprint density at radius 1 is 1.30 bits per heavy atom. The van der Waals surface area contributed by atoms with Crippen LogP contribution in [0.15, 0.2) is 22.6 Å². The Morgan fingerprint density at radius 3 is 2.60 bits per heavy atom. The van der Waals surface area contributed by atoms with Crippen LogP contribution in [0, 0.1) is 6.92 Å². The molecule has 0 fully saturated rings. The smallest absolute Gasteiger partial charge is 0.203 e. The molecule has 0 aliphatic carbocycles. The third-order valence-corrected chi connectivity index (χ3v) is 3.42. The Balaban J connectivity index is 2.23. The Hall–Kier alpha value is -2.28. The van der Waals surface area contributed by atoms with Crippen LogP contribution in [-0.4, -0.2) is 30.5 Å². The standard InChI is InChI=1S/C13H15N3O3S/c1-8-7-20-13(15-8)16-14-6-9-10(18-2)4-5-11(19-3)12(9)17/h4-7,17H,1-3H3,(H,15,16). The van der Waals surface area contributed by atoms with E-state index in [1.165, 1.54) is 31.8 Å². The summed E-state index contributed by atoms with van der Waals surface area (Å²) in [7, 11) is 3.01. The van der Waals surface area contributed by atoms with Crippen LogP contribution >= 0.6 is 11.3 Å². The summed E-state index contributed by atoms with van der Waals surface area (Å²) in [5.41, 5.74) is 4.16. The normalized spacial score (nSPS) is 10.8. The van der Waals surface area contributed by atoms with Crippen molar-refractivity contribution in [1.29, 1.82) is 0 Å². The van der Waals surface area contributed by atoms with Gasteiger partial charge >= 0.3 is 0 Å². The molecule has 0 saturated heterocycles. The maximum absolute atomic E-state index is 10.1. The molecule has 0 spiro atoms. The van der Waals surface area contributed by atoms with Crippen LogP contribution in [0.25, 0.3) is 0 Å². The largest absolute Gasteiger partial charge is 0.504 e. The number of hydrogen-bond acceptors (Lipinski definition) is 7. The van der Waals surface area contributed by atoms with Gasteiger partial charge in [-0.25, -0.2) is 4.98 Å². The first kappa shape index (κ1) is 14.1. The van der Waals surface area contributed by atoms with Crippen molar-refractivity contribution < 1.29 is 14.6 Å². The van der Waals surface area contributed by atoms with Crippen LogP contribution in [0.4, 0.5) is 5.13 Å². The number of hydrazone groups is 1. The van der Waals surface area contributed by atoms with Gasteiger partial charge in [-0.2, -0.15) is 5.10 Å². The zero-order chi connectivity index (χ0) is 14.5. The molecule has 0 unspecified atom stereocenters. The Labute approximate surface area is 120 Å². The number of aryl methyl sites for hydroxylation is 1. The predicted octanol–water partition coefficient (Wildman–Crippen LogP) is 2.62. The average molecular weight is 293 g/mol. The SMILES string of the molecule is COc1ccc(OC)c(C=NNc2nc(C)cs2)c1O. The van der Waals surface area contributed by atoms with E-state index < -0.39 is 0 Å². The second-order valence-electron chi connectivity index (χ2n) is 3.90. The average Bonchev–Trinajstić information content (AvgIpc) is 2.86. The van der Waals surface area contributed by atoms with Crippen molar-refractivity contribution in [3.05, 3.63) is 28.8 Å². The topological polar surface area (TPSA) is 76.0 Å². The van der Waals surface area contributed by atoms with Gasteiger partial charge in [-0.3, -0.25) is 5.43 Å². The molecule has 0 aliphatic heterocycles. The highest BCUT2D eigenvalue weighted by Crippen LogP contribution is 2.35. The molecule has 2 aromatic rings. The van der Waals surface area contributed by atoms with E-state index in [9.17, 15) is 5.11 Å². The molecule has 1 aromatic carbocycles. The zero-order valence-electron chi connectivity index (χ0n) is 11.4. The number of phenolic OH excluding ortho intramolecular Hbond substituents is 1. The van der Waals surface area contributed by atoms with Crippen molar-refractivity contribution >= 4 is 22.7 Å². The number of thiazole rings is 1. The van der Waals surface area contributed by atoms with Gasteiger partial charge in [-0.05, 0) is 19.1 Å². The number of hydrogen-bond donors (Lipinski definition) is 2. The van der Waals surface area contributed by atoms with Crippen LogP contribution in [0.3, 0.4) is 0 Å². The number of nitrogens with zero attached hydrogens (tertiary/aromatic N) is 2. The predicted molar refractivity (Wildman–Crippen MR) is 79.3 cm³/mol. The molecule has 0 amide bonds. The van der Waals surface area contributed by atoms with E-state index >= 15 is 0 Å². The van der Waals surface area contributed by atoms with E-state index in [1.807, 2.05) is 12.3 Å². The summed E-state index contributed by atoms with van der Waals surface area (Å²) in [5.74, 6) is 0.842. The Morgan fingerprint density at radius 2 is 2.00 bits per heavy atom. The van der Waals surface area contributed by atoms with Crippen molar-refractivity contribution in [3.8, 4) is 17.2 Å². The molecular weight excluding hydrogens is 278 g/mol. The lowest BCUT2D eigenvalue weighted by molar-refractivity contribution is 0.365. The summed E-state index contributed by atoms with van der Waals surface area (Å²) in [6, 6.07) is 3.33. The molecule has 20 heavy (non-hydrogen) atoms. The van der Waals surface area contributed by atoms with Crippen LogP contribution in [0.5, 0.6) is 17.2 Å². The summed E-state index contributed by atoms with van der Waals surface area (Å²) in [5, 5.41) is 16.7. The minimum absolute atomic E-state index is 0.0206. The van der Waals surface area contributed by atoms with Crippen molar-refractivity contribution in [3.63, 3.8) is 0 Å². The molecule has 2 N–H and O–H groups in total. The van der Waals surface area contributed by atoms with Crippen molar-refractivity contribution in [2.75, 3.05) is 19.6 Å². The zero-order valence-corrected chi connectivity index (χ0v) is 12.2. The maximum Gasteiger partial charge on any atom is 0.203 e. The number of phenols is 1. The molecule has 0 bridgehead atoms. The highest BCUT2D eigenvalue weighted by molar-refractivity contribution is 7.13. The number of anilines is 1. The van der Waals surface area contributed by atoms with Crippen LogP contribution in [0.2, 0.25) is 0 Å². The fourth-order valence-electron chi connectivity index (χ4n) is 1.59. The maximum atomic E-state index is 10.1. The lowest BCUT2D eigenvalue weighted by Crippen LogP contribution is -1.96. The molecule has 0 saturated carbocycles. The summed E-state index contributed by atoms with van der Waals surface area (Å²) in [6.07, 6.45) is 1.47. The van der Waals surface area contributed by atoms with Gasteiger partial charge in [-0.1, -0.05) is 0 Å². The Bertz CT molecular complexity index is 625. The Kier molecular flexibility index (Phi) is 4.41. The van der Waals surface area contributed by atoms with Gasteiger partial charge in [0.15, 0.2) is 11.5 Å². The molecular formula is C13H15N3O3S. The molecule has 0 atom stereocenters. The van der Waals surface area contributed by atoms with Gasteiger partial charge in [0.05, 0.1) is 31.7 Å². The minimum Gasteiger partial charge on any atom is -0.504 e. The number of aromatic hydroxyl groups is 1. The number of aromatic nitrogens is 1. The molecule has 0 radical (unpaired) electrons. The lowest BCUT2D eigenvalue weighted by atomic mass is 10.2. The summed E-state index contributed by atoms with van der Waals surface area (Å²) < 4.78 is 10.2. The van der Waals surface area contributed by atoms with E-state index in [-0.39, 0.29) is 5.75 Å². The first-order valence-corrected chi connectivity index (χ1v) is 6.68. The number of ether oxygens (including phenoxy) is 2. The van der Waals surface area contributed by atoms with Crippen LogP contribution < -0.4 is 14.9 Å². The molecule has 106 valence electrons. The molecule has 1 aromatic heterocycles. The van der Waals surface area contributed by atoms with E-state index in [2.05, 4.69) is 15.5 Å². The van der Waals surface area contributed by atoms with E-state index in [4.69, 9.17) is 9.47 Å². The fourth-order valence-corrected chi connectivity index (χ4v) is 2.23. The first-order chi connectivity index (χ1) is 9.65. The molecule has 1 heterocycles. The van der Waals surface area contributed by atoms with Gasteiger partial charge in [-0.15, -0.1) is 11.3 Å². The lowest BCUT2D eigenvalue weighted by Gasteiger charge is -2.09. The van der Waals surface area contributed by atoms with Gasteiger partial charge in [0.25, 0.3) is 0 Å². The molecule has 6 nitrogen and oxygen atoms in total. The van der Waals surface area contributed by atoms with Crippen molar-refractivity contribution in [2.45, 2.75) is 6.92 Å². The second-order valence-corrected chi connectivity index (χ2v) is 4.75. The third kappa shape index (κ3) is 3.00. The monoisotopic (exact) mass is 293 g/mol. The molecule has 7 heteroatoms. The van der Waals surface area contributed by atoms with E-state index in [0.717, 1.165) is 5.69 Å². The first-order valence-electron chi connectivity index (χ1n) is 5.81. The van der Waals surface area contributed by atoms with E-state index in [1.54, 1.807) is 12.1 Å². The van der Waals surface area contributed by atoms with Gasteiger partial charge in [0.2, 0.25) is 5.13 Å². The quantitative estimate of drug-likeness (QED) is 0.654. The van der Waals surface area contributed by atoms with Crippen molar-refractivity contribution in [1.82, 2.24) is 4.98 Å². The van der Waals surface area contributed by atoms with Gasteiger partial charge < -0.3 is 14.6 Å². The fraction of sp³-hybridized carbons (Fsp3) is 0.231. The van der Waals surface area contributed by atoms with Crippen LogP contribution in [0.1, 0.15) is 11.3 Å². The van der Waals surface area contributed by atoms with Gasteiger partial charge in [0.1, 0.15) is 5.75 Å². The molecule has 2 rings (SSSR count).